The highest BCUT2D eigenvalue weighted by atomic mass is 32.2. The fourth-order valence-corrected chi connectivity index (χ4v) is 3.96. The Bertz CT molecular complexity index is 342. The number of ether oxygens (including phenoxy) is 1. The maximum absolute atomic E-state index is 12.1. The molecule has 20 heavy (non-hydrogen) atoms. The van der Waals surface area contributed by atoms with Crippen molar-refractivity contribution >= 4 is 34.9 Å². The lowest BCUT2D eigenvalue weighted by Crippen LogP contribution is -2.53. The van der Waals surface area contributed by atoms with Crippen LogP contribution in [-0.4, -0.2) is 52.6 Å². The van der Waals surface area contributed by atoms with E-state index in [9.17, 15) is 4.79 Å². The predicted molar refractivity (Wildman–Crippen MR) is 89.2 cm³/mol. The minimum atomic E-state index is -0.119. The van der Waals surface area contributed by atoms with Gasteiger partial charge in [0.15, 0.2) is 0 Å². The zero-order valence-corrected chi connectivity index (χ0v) is 14.3. The Morgan fingerprint density at radius 2 is 2.05 bits per heavy atom. The maximum atomic E-state index is 12.1. The summed E-state index contributed by atoms with van der Waals surface area (Å²) in [5.41, 5.74) is 5.90. The smallest absolute Gasteiger partial charge is 0.323 e. The van der Waals surface area contributed by atoms with Crippen LogP contribution in [0.5, 0.6) is 0 Å². The molecule has 4 nitrogen and oxygen atoms in total. The molecule has 2 N–H and O–H groups in total. The Labute approximate surface area is 131 Å². The van der Waals surface area contributed by atoms with Crippen LogP contribution in [0.25, 0.3) is 0 Å². The van der Waals surface area contributed by atoms with Gasteiger partial charge in [0.2, 0.25) is 0 Å². The lowest BCUT2D eigenvalue weighted by atomic mass is 9.94. The summed E-state index contributed by atoms with van der Waals surface area (Å²) >= 11 is 6.96. The number of esters is 1. The monoisotopic (exact) mass is 318 g/mol. The molecule has 0 amide bonds. The van der Waals surface area contributed by atoms with E-state index < -0.39 is 0 Å². The number of hydrogen-bond donors (Lipinski definition) is 1. The van der Waals surface area contributed by atoms with Crippen LogP contribution < -0.4 is 5.73 Å². The first-order valence-electron chi connectivity index (χ1n) is 7.26. The van der Waals surface area contributed by atoms with Gasteiger partial charge in [-0.3, -0.25) is 9.69 Å². The highest BCUT2D eigenvalue weighted by molar-refractivity contribution is 8.02. The molecule has 6 heteroatoms. The van der Waals surface area contributed by atoms with E-state index in [4.69, 9.17) is 22.7 Å². The van der Waals surface area contributed by atoms with Crippen molar-refractivity contribution in [2.45, 2.75) is 50.3 Å². The van der Waals surface area contributed by atoms with Crippen molar-refractivity contribution in [3.8, 4) is 0 Å². The van der Waals surface area contributed by atoms with Crippen LogP contribution in [0, 0.1) is 0 Å². The predicted octanol–water partition coefficient (Wildman–Crippen LogP) is 2.20. The van der Waals surface area contributed by atoms with Crippen molar-refractivity contribution in [3.63, 3.8) is 0 Å². The van der Waals surface area contributed by atoms with Crippen molar-refractivity contribution in [3.05, 3.63) is 0 Å². The number of rotatable bonds is 7. The van der Waals surface area contributed by atoms with E-state index in [1.54, 1.807) is 11.8 Å². The number of carbonyl (C=O) groups excluding carboxylic acids is 1. The van der Waals surface area contributed by atoms with Crippen LogP contribution in [0.4, 0.5) is 0 Å². The van der Waals surface area contributed by atoms with Crippen LogP contribution in [-0.2, 0) is 9.53 Å². The molecular weight excluding hydrogens is 292 g/mol. The second kappa shape index (κ2) is 8.20. The van der Waals surface area contributed by atoms with E-state index in [1.807, 2.05) is 6.92 Å². The van der Waals surface area contributed by atoms with Gasteiger partial charge in [0.1, 0.15) is 6.04 Å². The second-order valence-corrected chi connectivity index (χ2v) is 6.78. The second-order valence-electron chi connectivity index (χ2n) is 5.16. The van der Waals surface area contributed by atoms with E-state index >= 15 is 0 Å². The fraction of sp³-hybridized carbons (Fsp3) is 0.857. The molecule has 1 unspecified atom stereocenters. The summed E-state index contributed by atoms with van der Waals surface area (Å²) in [7, 11) is 0. The van der Waals surface area contributed by atoms with Gasteiger partial charge in [-0.05, 0) is 32.4 Å². The molecule has 0 aromatic rings. The van der Waals surface area contributed by atoms with Gasteiger partial charge in [-0.2, -0.15) is 11.8 Å². The van der Waals surface area contributed by atoms with Gasteiger partial charge in [-0.1, -0.05) is 25.6 Å². The van der Waals surface area contributed by atoms with Crippen LogP contribution in [0.1, 0.15) is 39.5 Å². The molecule has 1 aliphatic heterocycles. The Morgan fingerprint density at radius 3 is 2.45 bits per heavy atom. The Balaban J connectivity index is 2.69. The lowest BCUT2D eigenvalue weighted by Gasteiger charge is -2.42. The van der Waals surface area contributed by atoms with Crippen LogP contribution in [0.2, 0.25) is 0 Å². The SMILES string of the molecule is CCCC(C(=O)OCC)N1CCC(SC)(C(N)=S)CC1. The third-order valence-electron chi connectivity index (χ3n) is 4.01. The summed E-state index contributed by atoms with van der Waals surface area (Å²) < 4.78 is 5.10. The Morgan fingerprint density at radius 1 is 1.45 bits per heavy atom. The molecule has 0 bridgehead atoms. The molecular formula is C14H26N2O2S2. The van der Waals surface area contributed by atoms with E-state index in [1.165, 1.54) is 0 Å². The van der Waals surface area contributed by atoms with Crippen molar-refractivity contribution in [1.29, 1.82) is 0 Å². The zero-order chi connectivity index (χ0) is 15.2. The molecule has 1 rings (SSSR count). The largest absolute Gasteiger partial charge is 0.465 e. The van der Waals surface area contributed by atoms with Crippen molar-refractivity contribution in [1.82, 2.24) is 4.90 Å². The van der Waals surface area contributed by atoms with Gasteiger partial charge >= 0.3 is 5.97 Å². The molecule has 0 saturated carbocycles. The summed E-state index contributed by atoms with van der Waals surface area (Å²) in [6.45, 7) is 6.08. The molecule has 1 aliphatic rings. The molecule has 0 radical (unpaired) electrons. The topological polar surface area (TPSA) is 55.6 Å². The highest BCUT2D eigenvalue weighted by Crippen LogP contribution is 2.35. The van der Waals surface area contributed by atoms with Gasteiger partial charge in [0.05, 0.1) is 16.3 Å². The molecule has 1 fully saturated rings. The van der Waals surface area contributed by atoms with Gasteiger partial charge < -0.3 is 10.5 Å². The average Bonchev–Trinajstić information content (AvgIpc) is 2.45. The summed E-state index contributed by atoms with van der Waals surface area (Å²) in [6.07, 6.45) is 5.69. The minimum Gasteiger partial charge on any atom is -0.465 e. The number of nitrogens with two attached hydrogens (primary N) is 1. The normalized spacial score (nSPS) is 20.4. The average molecular weight is 319 g/mol. The van der Waals surface area contributed by atoms with E-state index in [0.717, 1.165) is 38.8 Å². The summed E-state index contributed by atoms with van der Waals surface area (Å²) in [5.74, 6) is -0.0960. The summed E-state index contributed by atoms with van der Waals surface area (Å²) in [6, 6.07) is -0.119. The van der Waals surface area contributed by atoms with Crippen LogP contribution >= 0.6 is 24.0 Å². The van der Waals surface area contributed by atoms with Crippen molar-refractivity contribution in [2.75, 3.05) is 26.0 Å². The van der Waals surface area contributed by atoms with Crippen molar-refractivity contribution in [2.24, 2.45) is 5.73 Å². The molecule has 1 atom stereocenters. The first-order valence-corrected chi connectivity index (χ1v) is 8.89. The molecule has 1 heterocycles. The standard InChI is InChI=1S/C14H26N2O2S2/c1-4-6-11(12(17)18-5-2)16-9-7-14(20-3,8-10-16)13(15)19/h11H,4-10H2,1-3H3,(H2,15,19). The molecule has 1 saturated heterocycles. The van der Waals surface area contributed by atoms with E-state index in [-0.39, 0.29) is 16.8 Å². The number of nitrogens with zero attached hydrogens (tertiary/aromatic N) is 1. The van der Waals surface area contributed by atoms with Crippen LogP contribution in [0.15, 0.2) is 0 Å². The van der Waals surface area contributed by atoms with Gasteiger partial charge in [-0.25, -0.2) is 0 Å². The number of carbonyl (C=O) groups is 1. The first-order chi connectivity index (χ1) is 9.50. The van der Waals surface area contributed by atoms with E-state index in [0.29, 0.717) is 11.6 Å². The van der Waals surface area contributed by atoms with Gasteiger partial charge in [0, 0.05) is 13.1 Å². The first kappa shape index (κ1) is 17.7. The number of piperidine rings is 1. The van der Waals surface area contributed by atoms with Gasteiger partial charge in [-0.15, -0.1) is 0 Å². The lowest BCUT2D eigenvalue weighted by molar-refractivity contribution is -0.150. The molecule has 0 aromatic carbocycles. The van der Waals surface area contributed by atoms with E-state index in [2.05, 4.69) is 18.1 Å². The highest BCUT2D eigenvalue weighted by Gasteiger charge is 2.39. The summed E-state index contributed by atoms with van der Waals surface area (Å²) in [5, 5.41) is 0. The van der Waals surface area contributed by atoms with Crippen LogP contribution in [0.3, 0.4) is 0 Å². The number of thiocarbonyl (C=S) groups is 1. The zero-order valence-electron chi connectivity index (χ0n) is 12.7. The molecule has 0 aliphatic carbocycles. The number of likely N-dealkylation sites (tertiary alicyclic amines) is 1. The Kier molecular flexibility index (Phi) is 7.26. The number of thioether (sulfide) groups is 1. The number of hydrogen-bond acceptors (Lipinski definition) is 5. The summed E-state index contributed by atoms with van der Waals surface area (Å²) in [4.78, 5) is 14.9. The fourth-order valence-electron chi connectivity index (χ4n) is 2.71. The molecule has 0 spiro atoms. The van der Waals surface area contributed by atoms with Gasteiger partial charge in [0.25, 0.3) is 0 Å². The minimum absolute atomic E-state index is 0.0960. The molecule has 0 aromatic heterocycles. The third-order valence-corrected chi connectivity index (χ3v) is 5.94. The third kappa shape index (κ3) is 4.09. The Hall–Kier alpha value is -0.330. The maximum Gasteiger partial charge on any atom is 0.323 e. The van der Waals surface area contributed by atoms with Crippen molar-refractivity contribution < 1.29 is 9.53 Å². The molecule has 116 valence electrons. The quantitative estimate of drug-likeness (QED) is 0.574.